The predicted molar refractivity (Wildman–Crippen MR) is 95.7 cm³/mol. The average Bonchev–Trinajstić information content (AvgIpc) is 3.33. The van der Waals surface area contributed by atoms with Gasteiger partial charge in [0.2, 0.25) is 5.95 Å². The molecule has 3 aromatic heterocycles. The Morgan fingerprint density at radius 2 is 1.85 bits per heavy atom. The topological polar surface area (TPSA) is 99.2 Å². The van der Waals surface area contributed by atoms with Crippen molar-refractivity contribution in [2.24, 2.45) is 0 Å². The molecule has 0 bridgehead atoms. The number of anilines is 1. The minimum Gasteiger partial charge on any atom is -0.355 e. The van der Waals surface area contributed by atoms with Crippen LogP contribution < -0.4 is 5.32 Å². The Labute approximate surface area is 149 Å². The first-order valence-electron chi connectivity index (χ1n) is 8.25. The fourth-order valence-corrected chi connectivity index (χ4v) is 2.62. The van der Waals surface area contributed by atoms with Gasteiger partial charge < -0.3 is 9.88 Å². The summed E-state index contributed by atoms with van der Waals surface area (Å²) in [5.41, 5.74) is 1.74. The molecule has 130 valence electrons. The molecule has 0 amide bonds. The number of hydrogen-bond donors (Lipinski definition) is 1. The molecule has 0 aliphatic heterocycles. The zero-order valence-corrected chi connectivity index (χ0v) is 14.2. The second-order valence-corrected chi connectivity index (χ2v) is 5.55. The minimum absolute atomic E-state index is 0.478. The molecule has 0 saturated heterocycles. The van der Waals surface area contributed by atoms with Gasteiger partial charge in [-0.1, -0.05) is 18.2 Å². The summed E-state index contributed by atoms with van der Waals surface area (Å²) < 4.78 is 3.69. The van der Waals surface area contributed by atoms with Crippen molar-refractivity contribution in [1.29, 1.82) is 0 Å². The number of nitrogens with zero attached hydrogens (tertiary/aromatic N) is 8. The van der Waals surface area contributed by atoms with E-state index >= 15 is 0 Å². The van der Waals surface area contributed by atoms with Crippen molar-refractivity contribution in [1.82, 2.24) is 39.7 Å². The third-order valence-corrected chi connectivity index (χ3v) is 3.81. The molecule has 9 nitrogen and oxygen atoms in total. The smallest absolute Gasteiger partial charge is 0.222 e. The lowest BCUT2D eigenvalue weighted by atomic mass is 10.3. The van der Waals surface area contributed by atoms with Crippen LogP contribution in [0.3, 0.4) is 0 Å². The van der Waals surface area contributed by atoms with Crippen LogP contribution in [-0.4, -0.2) is 46.3 Å². The van der Waals surface area contributed by atoms with Crippen molar-refractivity contribution in [3.05, 3.63) is 60.9 Å². The van der Waals surface area contributed by atoms with Gasteiger partial charge >= 0.3 is 0 Å². The fraction of sp³-hybridized carbons (Fsp3) is 0.176. The molecule has 0 saturated carbocycles. The summed E-state index contributed by atoms with van der Waals surface area (Å²) in [6.07, 6.45) is 7.13. The maximum atomic E-state index is 4.43. The first kappa shape index (κ1) is 15.9. The molecule has 9 heteroatoms. The number of para-hydroxylation sites is 1. The van der Waals surface area contributed by atoms with E-state index in [0.717, 1.165) is 23.6 Å². The van der Waals surface area contributed by atoms with Gasteiger partial charge in [0.25, 0.3) is 0 Å². The van der Waals surface area contributed by atoms with Crippen LogP contribution in [0.15, 0.2) is 55.1 Å². The predicted octanol–water partition coefficient (Wildman–Crippen LogP) is 1.80. The first-order chi connectivity index (χ1) is 12.8. The molecular formula is C17H17N9. The van der Waals surface area contributed by atoms with E-state index < -0.39 is 0 Å². The summed E-state index contributed by atoms with van der Waals surface area (Å²) in [6, 6.07) is 9.78. The highest BCUT2D eigenvalue weighted by Gasteiger charge is 2.13. The van der Waals surface area contributed by atoms with Crippen molar-refractivity contribution >= 4 is 5.95 Å². The van der Waals surface area contributed by atoms with Crippen LogP contribution in [0, 0.1) is 0 Å². The summed E-state index contributed by atoms with van der Waals surface area (Å²) in [5.74, 6) is 2.07. The lowest BCUT2D eigenvalue weighted by molar-refractivity contribution is 0.704. The lowest BCUT2D eigenvalue weighted by Crippen LogP contribution is -2.09. The van der Waals surface area contributed by atoms with Crippen molar-refractivity contribution in [2.45, 2.75) is 13.5 Å². The number of rotatable bonds is 6. The molecule has 4 rings (SSSR count). The van der Waals surface area contributed by atoms with E-state index in [-0.39, 0.29) is 0 Å². The highest BCUT2D eigenvalue weighted by Crippen LogP contribution is 2.18. The molecule has 0 fully saturated rings. The number of aromatic nitrogens is 8. The molecule has 0 radical (unpaired) electrons. The van der Waals surface area contributed by atoms with Gasteiger partial charge in [-0.3, -0.25) is 0 Å². The largest absolute Gasteiger partial charge is 0.355 e. The molecule has 26 heavy (non-hydrogen) atoms. The molecule has 0 atom stereocenters. The van der Waals surface area contributed by atoms with E-state index in [2.05, 4.69) is 35.8 Å². The van der Waals surface area contributed by atoms with Gasteiger partial charge in [0.15, 0.2) is 5.82 Å². The van der Waals surface area contributed by atoms with Gasteiger partial charge in [0, 0.05) is 31.3 Å². The van der Waals surface area contributed by atoms with Crippen LogP contribution >= 0.6 is 0 Å². The van der Waals surface area contributed by atoms with E-state index in [4.69, 9.17) is 0 Å². The normalized spacial score (nSPS) is 10.8. The fourth-order valence-electron chi connectivity index (χ4n) is 2.62. The zero-order chi connectivity index (χ0) is 17.8. The van der Waals surface area contributed by atoms with Crippen LogP contribution in [0.5, 0.6) is 0 Å². The van der Waals surface area contributed by atoms with Crippen LogP contribution in [-0.2, 0) is 6.54 Å². The standard InChI is InChI=1S/C17H17N9/c1-2-18-17-20-10-13(11-21-17)16-19-8-9-25(16)12-15-22-23-24-26(15)14-6-4-3-5-7-14/h3-11H,2,12H2,1H3,(H,18,20,21). The van der Waals surface area contributed by atoms with E-state index in [1.54, 1.807) is 23.3 Å². The van der Waals surface area contributed by atoms with Crippen LogP contribution in [0.1, 0.15) is 12.7 Å². The second kappa shape index (κ2) is 7.09. The minimum atomic E-state index is 0.478. The van der Waals surface area contributed by atoms with Gasteiger partial charge in [0.05, 0.1) is 17.8 Å². The Morgan fingerprint density at radius 1 is 1.04 bits per heavy atom. The van der Waals surface area contributed by atoms with E-state index in [1.807, 2.05) is 48.0 Å². The lowest BCUT2D eigenvalue weighted by Gasteiger charge is -2.08. The number of hydrogen-bond acceptors (Lipinski definition) is 7. The number of tetrazole rings is 1. The number of benzene rings is 1. The Hall–Kier alpha value is -3.62. The summed E-state index contributed by atoms with van der Waals surface area (Å²) in [5, 5.41) is 15.1. The van der Waals surface area contributed by atoms with E-state index in [0.29, 0.717) is 18.3 Å². The maximum Gasteiger partial charge on any atom is 0.222 e. The molecule has 1 aromatic carbocycles. The quantitative estimate of drug-likeness (QED) is 0.567. The SMILES string of the molecule is CCNc1ncc(-c2nccn2Cc2nnnn2-c2ccccc2)cn1. The monoisotopic (exact) mass is 347 g/mol. The molecule has 0 unspecified atom stereocenters. The van der Waals surface area contributed by atoms with Gasteiger partial charge in [-0.25, -0.2) is 15.0 Å². The molecule has 4 aromatic rings. The Bertz CT molecular complexity index is 973. The molecule has 3 heterocycles. The first-order valence-corrected chi connectivity index (χ1v) is 8.25. The average molecular weight is 347 g/mol. The summed E-state index contributed by atoms with van der Waals surface area (Å²) in [6.45, 7) is 3.25. The van der Waals surface area contributed by atoms with Gasteiger partial charge in [-0.15, -0.1) is 5.10 Å². The van der Waals surface area contributed by atoms with Gasteiger partial charge in [-0.05, 0) is 29.5 Å². The summed E-state index contributed by atoms with van der Waals surface area (Å²) in [4.78, 5) is 13.0. The van der Waals surface area contributed by atoms with Gasteiger partial charge in [-0.2, -0.15) is 4.68 Å². The van der Waals surface area contributed by atoms with Crippen molar-refractivity contribution < 1.29 is 0 Å². The third-order valence-electron chi connectivity index (χ3n) is 3.81. The van der Waals surface area contributed by atoms with Crippen LogP contribution in [0.2, 0.25) is 0 Å². The molecule has 0 aliphatic rings. The van der Waals surface area contributed by atoms with Crippen molar-refractivity contribution in [3.8, 4) is 17.1 Å². The molecule has 0 aliphatic carbocycles. The van der Waals surface area contributed by atoms with Crippen LogP contribution in [0.25, 0.3) is 17.1 Å². The van der Waals surface area contributed by atoms with Crippen molar-refractivity contribution in [2.75, 3.05) is 11.9 Å². The van der Waals surface area contributed by atoms with Crippen LogP contribution in [0.4, 0.5) is 5.95 Å². The Morgan fingerprint density at radius 3 is 2.62 bits per heavy atom. The Kier molecular flexibility index (Phi) is 4.33. The Balaban J connectivity index is 1.62. The van der Waals surface area contributed by atoms with E-state index in [1.165, 1.54) is 0 Å². The molecular weight excluding hydrogens is 330 g/mol. The molecule has 0 spiro atoms. The molecule has 1 N–H and O–H groups in total. The van der Waals surface area contributed by atoms with E-state index in [9.17, 15) is 0 Å². The highest BCUT2D eigenvalue weighted by molar-refractivity contribution is 5.53. The van der Waals surface area contributed by atoms with Gasteiger partial charge in [0.1, 0.15) is 5.82 Å². The number of imidazole rings is 1. The van der Waals surface area contributed by atoms with Crippen molar-refractivity contribution in [3.63, 3.8) is 0 Å². The maximum absolute atomic E-state index is 4.43. The summed E-state index contributed by atoms with van der Waals surface area (Å²) in [7, 11) is 0. The highest BCUT2D eigenvalue weighted by atomic mass is 15.5. The second-order valence-electron chi connectivity index (χ2n) is 5.55. The third kappa shape index (κ3) is 3.14. The summed E-state index contributed by atoms with van der Waals surface area (Å²) >= 11 is 0. The number of nitrogens with one attached hydrogen (secondary N) is 1. The zero-order valence-electron chi connectivity index (χ0n) is 14.2.